The molecule has 0 fully saturated rings. The Morgan fingerprint density at radius 2 is 1.12 bits per heavy atom. The van der Waals surface area contributed by atoms with Gasteiger partial charge in [0.05, 0.1) is 11.4 Å². The first-order valence-corrected chi connectivity index (χ1v) is 11.1. The molecule has 0 unspecified atom stereocenters. The van der Waals surface area contributed by atoms with E-state index in [4.69, 9.17) is 4.98 Å². The third kappa shape index (κ3) is 4.42. The molecule has 1 N–H and O–H groups in total. The molecule has 0 spiro atoms. The van der Waals surface area contributed by atoms with Crippen molar-refractivity contribution in [2.24, 2.45) is 0 Å². The van der Waals surface area contributed by atoms with Gasteiger partial charge in [0.2, 0.25) is 0 Å². The van der Waals surface area contributed by atoms with Crippen molar-refractivity contribution in [3.63, 3.8) is 0 Å². The molecule has 3 heteroatoms. The molecule has 5 rings (SSSR count). The number of aromatic amines is 1. The summed E-state index contributed by atoms with van der Waals surface area (Å²) in [6, 6.07) is 36.8. The highest BCUT2D eigenvalue weighted by Gasteiger charge is 2.15. The Balaban J connectivity index is 1.51. The van der Waals surface area contributed by atoms with Crippen LogP contribution in [0.3, 0.4) is 0 Å². The van der Waals surface area contributed by atoms with Crippen LogP contribution in [-0.4, -0.2) is 9.97 Å². The molecule has 1 aromatic heterocycles. The first kappa shape index (κ1) is 20.1. The molecule has 32 heavy (non-hydrogen) atoms. The van der Waals surface area contributed by atoms with Gasteiger partial charge in [-0.3, -0.25) is 0 Å². The standard InChI is InChI=1S/C29H19BrN2/c30-26-19-17-24(18-20-26)28-27(23-9-5-2-6-10-23)31-29(32-28)25-15-13-22(14-16-25)12-11-21-7-3-1-4-8-21/h1-10,13-20H,(H,31,32). The maximum absolute atomic E-state index is 4.97. The van der Waals surface area contributed by atoms with Gasteiger partial charge in [-0.2, -0.15) is 0 Å². The maximum Gasteiger partial charge on any atom is 0.138 e. The lowest BCUT2D eigenvalue weighted by molar-refractivity contribution is 1.31. The highest BCUT2D eigenvalue weighted by molar-refractivity contribution is 9.10. The van der Waals surface area contributed by atoms with Crippen molar-refractivity contribution in [2.75, 3.05) is 0 Å². The fraction of sp³-hybridized carbons (Fsp3) is 0. The third-order valence-corrected chi connectivity index (χ3v) is 5.70. The van der Waals surface area contributed by atoms with Gasteiger partial charge >= 0.3 is 0 Å². The van der Waals surface area contributed by atoms with Crippen LogP contribution in [-0.2, 0) is 0 Å². The van der Waals surface area contributed by atoms with Crippen molar-refractivity contribution in [1.82, 2.24) is 9.97 Å². The van der Waals surface area contributed by atoms with Crippen LogP contribution in [0.1, 0.15) is 11.1 Å². The molecule has 0 saturated heterocycles. The second-order valence-electron chi connectivity index (χ2n) is 7.38. The van der Waals surface area contributed by atoms with Crippen LogP contribution in [0.4, 0.5) is 0 Å². The van der Waals surface area contributed by atoms with Crippen molar-refractivity contribution in [3.05, 3.63) is 125 Å². The van der Waals surface area contributed by atoms with Crippen LogP contribution < -0.4 is 0 Å². The van der Waals surface area contributed by atoms with Gasteiger partial charge in [0.25, 0.3) is 0 Å². The molecular weight excluding hydrogens is 456 g/mol. The number of nitrogens with zero attached hydrogens (tertiary/aromatic N) is 1. The number of halogens is 1. The first-order valence-electron chi connectivity index (χ1n) is 10.4. The predicted molar refractivity (Wildman–Crippen MR) is 135 cm³/mol. The molecule has 0 atom stereocenters. The molecule has 0 aliphatic rings. The Labute approximate surface area is 196 Å². The number of benzene rings is 4. The Bertz CT molecular complexity index is 1390. The summed E-state index contributed by atoms with van der Waals surface area (Å²) < 4.78 is 1.05. The lowest BCUT2D eigenvalue weighted by atomic mass is 10.1. The van der Waals surface area contributed by atoms with E-state index in [0.717, 1.165) is 49.5 Å². The number of imidazole rings is 1. The molecule has 152 valence electrons. The van der Waals surface area contributed by atoms with Gasteiger partial charge in [-0.15, -0.1) is 0 Å². The second kappa shape index (κ2) is 9.09. The number of H-pyrrole nitrogens is 1. The van der Waals surface area contributed by atoms with Gasteiger partial charge in [-0.1, -0.05) is 101 Å². The summed E-state index contributed by atoms with van der Waals surface area (Å²) in [6.45, 7) is 0. The summed E-state index contributed by atoms with van der Waals surface area (Å²) in [5.41, 5.74) is 7.13. The van der Waals surface area contributed by atoms with Crippen LogP contribution in [0.2, 0.25) is 0 Å². The predicted octanol–water partition coefficient (Wildman–Crippen LogP) is 7.57. The van der Waals surface area contributed by atoms with Crippen LogP contribution >= 0.6 is 15.9 Å². The summed E-state index contributed by atoms with van der Waals surface area (Å²) in [5.74, 6) is 7.27. The molecule has 0 amide bonds. The van der Waals surface area contributed by atoms with Crippen molar-refractivity contribution in [2.45, 2.75) is 0 Å². The number of hydrogen-bond donors (Lipinski definition) is 1. The molecule has 0 aliphatic heterocycles. The zero-order valence-electron chi connectivity index (χ0n) is 17.2. The zero-order chi connectivity index (χ0) is 21.8. The van der Waals surface area contributed by atoms with E-state index in [2.05, 4.69) is 69.2 Å². The van der Waals surface area contributed by atoms with Gasteiger partial charge < -0.3 is 4.98 Å². The first-order chi connectivity index (χ1) is 15.8. The van der Waals surface area contributed by atoms with E-state index >= 15 is 0 Å². The minimum Gasteiger partial charge on any atom is -0.337 e. The molecule has 5 aromatic rings. The van der Waals surface area contributed by atoms with E-state index in [1.165, 1.54) is 0 Å². The third-order valence-electron chi connectivity index (χ3n) is 5.17. The Hall–Kier alpha value is -3.87. The summed E-state index contributed by atoms with van der Waals surface area (Å²) in [5, 5.41) is 0. The Morgan fingerprint density at radius 1 is 0.562 bits per heavy atom. The van der Waals surface area contributed by atoms with E-state index in [0.29, 0.717) is 0 Å². The van der Waals surface area contributed by atoms with Crippen molar-refractivity contribution < 1.29 is 0 Å². The van der Waals surface area contributed by atoms with E-state index in [1.54, 1.807) is 0 Å². The molecule has 0 bridgehead atoms. The summed E-state index contributed by atoms with van der Waals surface area (Å²) in [6.07, 6.45) is 0. The molecule has 0 radical (unpaired) electrons. The highest BCUT2D eigenvalue weighted by atomic mass is 79.9. The lowest BCUT2D eigenvalue weighted by Crippen LogP contribution is -1.83. The lowest BCUT2D eigenvalue weighted by Gasteiger charge is -2.03. The largest absolute Gasteiger partial charge is 0.337 e. The topological polar surface area (TPSA) is 28.7 Å². The van der Waals surface area contributed by atoms with Crippen molar-refractivity contribution in [1.29, 1.82) is 0 Å². The summed E-state index contributed by atoms with van der Waals surface area (Å²) >= 11 is 3.52. The molecule has 0 aliphatic carbocycles. The van der Waals surface area contributed by atoms with E-state index < -0.39 is 0 Å². The quantitative estimate of drug-likeness (QED) is 0.268. The van der Waals surface area contributed by atoms with Gasteiger partial charge in [-0.05, 0) is 36.4 Å². The average molecular weight is 475 g/mol. The van der Waals surface area contributed by atoms with Crippen LogP contribution in [0.15, 0.2) is 114 Å². The van der Waals surface area contributed by atoms with Crippen LogP contribution in [0, 0.1) is 11.8 Å². The Kier molecular flexibility index (Phi) is 5.70. The number of rotatable bonds is 3. The van der Waals surface area contributed by atoms with Gasteiger partial charge in [0, 0.05) is 32.3 Å². The minimum atomic E-state index is 0.837. The summed E-state index contributed by atoms with van der Waals surface area (Å²) in [7, 11) is 0. The monoisotopic (exact) mass is 474 g/mol. The van der Waals surface area contributed by atoms with Gasteiger partial charge in [-0.25, -0.2) is 4.98 Å². The van der Waals surface area contributed by atoms with Gasteiger partial charge in [0.1, 0.15) is 5.82 Å². The van der Waals surface area contributed by atoms with E-state index in [1.807, 2.05) is 72.8 Å². The Morgan fingerprint density at radius 3 is 1.78 bits per heavy atom. The van der Waals surface area contributed by atoms with E-state index in [9.17, 15) is 0 Å². The smallest absolute Gasteiger partial charge is 0.138 e. The zero-order valence-corrected chi connectivity index (χ0v) is 18.8. The summed E-state index contributed by atoms with van der Waals surface area (Å²) in [4.78, 5) is 8.52. The van der Waals surface area contributed by atoms with Gasteiger partial charge in [0.15, 0.2) is 0 Å². The normalized spacial score (nSPS) is 10.4. The fourth-order valence-corrected chi connectivity index (χ4v) is 3.78. The highest BCUT2D eigenvalue weighted by Crippen LogP contribution is 2.33. The molecule has 0 saturated carbocycles. The number of hydrogen-bond acceptors (Lipinski definition) is 1. The van der Waals surface area contributed by atoms with E-state index in [-0.39, 0.29) is 0 Å². The average Bonchev–Trinajstić information content (AvgIpc) is 3.30. The van der Waals surface area contributed by atoms with Crippen LogP contribution in [0.25, 0.3) is 33.9 Å². The fourth-order valence-electron chi connectivity index (χ4n) is 3.52. The molecular formula is C29H19BrN2. The number of nitrogens with one attached hydrogen (secondary N) is 1. The molecule has 1 heterocycles. The SMILES string of the molecule is Brc1ccc(-c2[nH]c(-c3ccc(C#Cc4ccccc4)cc3)nc2-c2ccccc2)cc1. The van der Waals surface area contributed by atoms with Crippen molar-refractivity contribution in [3.8, 4) is 45.7 Å². The molecule has 2 nitrogen and oxygen atoms in total. The maximum atomic E-state index is 4.97. The van der Waals surface area contributed by atoms with Crippen LogP contribution in [0.5, 0.6) is 0 Å². The number of aromatic nitrogens is 2. The van der Waals surface area contributed by atoms with Crippen molar-refractivity contribution >= 4 is 15.9 Å². The molecule has 4 aromatic carbocycles. The minimum absolute atomic E-state index is 0.837. The second-order valence-corrected chi connectivity index (χ2v) is 8.29.